The van der Waals surface area contributed by atoms with Crippen LogP contribution in [-0.2, 0) is 0 Å². The molecule has 4 aromatic carbocycles. The fourth-order valence-electron chi connectivity index (χ4n) is 5.11. The average Bonchev–Trinajstić information content (AvgIpc) is 2.88. The number of carboxylic acid groups (broad SMARTS) is 1. The van der Waals surface area contributed by atoms with E-state index in [9.17, 15) is 14.3 Å². The number of fused-ring (bicyclic) bond motifs is 2. The van der Waals surface area contributed by atoms with E-state index in [1.807, 2.05) is 24.3 Å². The van der Waals surface area contributed by atoms with Crippen LogP contribution in [0.5, 0.6) is 5.75 Å². The highest BCUT2D eigenvalue weighted by molar-refractivity contribution is 5.88. The van der Waals surface area contributed by atoms with Crippen molar-refractivity contribution in [2.75, 3.05) is 6.54 Å². The Hall–Kier alpha value is -3.70. The monoisotopic (exact) mass is 469 g/mol. The first kappa shape index (κ1) is 23.1. The van der Waals surface area contributed by atoms with Crippen LogP contribution in [0.1, 0.15) is 58.8 Å². The Labute approximate surface area is 204 Å². The first-order chi connectivity index (χ1) is 17.0. The number of aromatic carboxylic acids is 1. The van der Waals surface area contributed by atoms with Crippen LogP contribution >= 0.6 is 0 Å². The van der Waals surface area contributed by atoms with Crippen molar-refractivity contribution in [3.8, 4) is 5.75 Å². The van der Waals surface area contributed by atoms with Gasteiger partial charge in [0.25, 0.3) is 0 Å². The van der Waals surface area contributed by atoms with Crippen LogP contribution in [0.4, 0.5) is 4.39 Å². The van der Waals surface area contributed by atoms with Crippen molar-refractivity contribution in [1.29, 1.82) is 0 Å². The van der Waals surface area contributed by atoms with Crippen LogP contribution in [0.2, 0.25) is 0 Å². The highest BCUT2D eigenvalue weighted by Crippen LogP contribution is 2.41. The van der Waals surface area contributed by atoms with Gasteiger partial charge in [-0.15, -0.1) is 0 Å². The van der Waals surface area contributed by atoms with Crippen LogP contribution in [0, 0.1) is 5.82 Å². The lowest BCUT2D eigenvalue weighted by atomic mass is 9.83. The third-order valence-corrected chi connectivity index (χ3v) is 6.92. The summed E-state index contributed by atoms with van der Waals surface area (Å²) in [5, 5.41) is 15.5. The number of hydrogen-bond acceptors (Lipinski definition) is 3. The molecule has 0 saturated carbocycles. The van der Waals surface area contributed by atoms with E-state index in [0.717, 1.165) is 29.8 Å². The molecule has 5 heteroatoms. The van der Waals surface area contributed by atoms with Crippen molar-refractivity contribution in [3.63, 3.8) is 0 Å². The van der Waals surface area contributed by atoms with Gasteiger partial charge in [0.1, 0.15) is 17.7 Å². The summed E-state index contributed by atoms with van der Waals surface area (Å²) in [5.41, 5.74) is 2.77. The second kappa shape index (κ2) is 9.88. The molecular weight excluding hydrogens is 441 g/mol. The van der Waals surface area contributed by atoms with Gasteiger partial charge in [0.15, 0.2) is 0 Å². The van der Waals surface area contributed by atoms with Crippen molar-refractivity contribution in [1.82, 2.24) is 5.32 Å². The minimum absolute atomic E-state index is 0.0413. The average molecular weight is 470 g/mol. The highest BCUT2D eigenvalue weighted by Gasteiger charge is 2.30. The molecule has 4 nitrogen and oxygen atoms in total. The summed E-state index contributed by atoms with van der Waals surface area (Å²) in [5.74, 6) is -1.23. The maximum absolute atomic E-state index is 14.0. The van der Waals surface area contributed by atoms with Crippen LogP contribution in [0.3, 0.4) is 0 Å². The van der Waals surface area contributed by atoms with Crippen LogP contribution in [0.25, 0.3) is 10.8 Å². The van der Waals surface area contributed by atoms with E-state index in [0.29, 0.717) is 6.42 Å². The van der Waals surface area contributed by atoms with Crippen molar-refractivity contribution < 1.29 is 19.0 Å². The van der Waals surface area contributed by atoms with Gasteiger partial charge in [0, 0.05) is 17.5 Å². The molecule has 0 saturated heterocycles. The molecule has 3 atom stereocenters. The minimum Gasteiger partial charge on any atom is -0.490 e. The topological polar surface area (TPSA) is 58.6 Å². The Morgan fingerprint density at radius 1 is 1.06 bits per heavy atom. The summed E-state index contributed by atoms with van der Waals surface area (Å²) >= 11 is 0. The first-order valence-electron chi connectivity index (χ1n) is 12.0. The van der Waals surface area contributed by atoms with Gasteiger partial charge in [-0.25, -0.2) is 9.18 Å². The predicted octanol–water partition coefficient (Wildman–Crippen LogP) is 6.70. The quantitative estimate of drug-likeness (QED) is 0.316. The Morgan fingerprint density at radius 2 is 1.83 bits per heavy atom. The molecule has 0 aliphatic carbocycles. The molecular formula is C30H28FNO3. The fourth-order valence-corrected chi connectivity index (χ4v) is 5.11. The van der Waals surface area contributed by atoms with Gasteiger partial charge < -0.3 is 15.2 Å². The van der Waals surface area contributed by atoms with Gasteiger partial charge in [-0.2, -0.15) is 0 Å². The number of benzene rings is 4. The maximum atomic E-state index is 14.0. The molecule has 5 rings (SSSR count). The molecule has 0 fully saturated rings. The summed E-state index contributed by atoms with van der Waals surface area (Å²) < 4.78 is 20.3. The molecule has 0 bridgehead atoms. The van der Waals surface area contributed by atoms with Crippen molar-refractivity contribution in [2.24, 2.45) is 0 Å². The third-order valence-electron chi connectivity index (χ3n) is 6.92. The van der Waals surface area contributed by atoms with Crippen LogP contribution in [0.15, 0.2) is 84.9 Å². The molecule has 0 spiro atoms. The van der Waals surface area contributed by atoms with Gasteiger partial charge in [-0.1, -0.05) is 66.7 Å². The maximum Gasteiger partial charge on any atom is 0.338 e. The Morgan fingerprint density at radius 3 is 2.69 bits per heavy atom. The Balaban J connectivity index is 1.31. The molecule has 178 valence electrons. The summed E-state index contributed by atoms with van der Waals surface area (Å²) in [6.45, 7) is 2.95. The summed E-state index contributed by atoms with van der Waals surface area (Å²) in [4.78, 5) is 11.5. The number of hydrogen-bond donors (Lipinski definition) is 2. The fraction of sp³-hybridized carbons (Fsp3) is 0.233. The zero-order valence-electron chi connectivity index (χ0n) is 19.6. The summed E-state index contributed by atoms with van der Waals surface area (Å²) in [7, 11) is 0. The molecule has 0 amide bonds. The predicted molar refractivity (Wildman–Crippen MR) is 136 cm³/mol. The number of para-hydroxylation sites is 1. The largest absolute Gasteiger partial charge is 0.490 e. The first-order valence-corrected chi connectivity index (χ1v) is 12.0. The lowest BCUT2D eigenvalue weighted by Gasteiger charge is -2.33. The number of carbonyl (C=O) groups is 1. The number of halogens is 1. The molecule has 4 aromatic rings. The van der Waals surface area contributed by atoms with Crippen molar-refractivity contribution in [2.45, 2.75) is 37.8 Å². The normalized spacial score (nSPS) is 18.0. The van der Waals surface area contributed by atoms with Crippen LogP contribution in [-0.4, -0.2) is 23.7 Å². The van der Waals surface area contributed by atoms with E-state index in [4.69, 9.17) is 4.74 Å². The van der Waals surface area contributed by atoms with E-state index >= 15 is 0 Å². The van der Waals surface area contributed by atoms with Gasteiger partial charge >= 0.3 is 5.97 Å². The van der Waals surface area contributed by atoms with E-state index < -0.39 is 11.8 Å². The Bertz CT molecular complexity index is 1360. The smallest absolute Gasteiger partial charge is 0.338 e. The van der Waals surface area contributed by atoms with Gasteiger partial charge in [0.2, 0.25) is 0 Å². The second-order valence-corrected chi connectivity index (χ2v) is 9.14. The Kier molecular flexibility index (Phi) is 6.51. The molecule has 35 heavy (non-hydrogen) atoms. The minimum atomic E-state index is -1.26. The lowest BCUT2D eigenvalue weighted by molar-refractivity contribution is 0.0691. The number of nitrogens with one attached hydrogen (secondary N) is 1. The van der Waals surface area contributed by atoms with Crippen molar-refractivity contribution >= 4 is 16.7 Å². The van der Waals surface area contributed by atoms with Crippen LogP contribution < -0.4 is 10.1 Å². The second-order valence-electron chi connectivity index (χ2n) is 9.14. The van der Waals surface area contributed by atoms with E-state index in [1.165, 1.54) is 28.5 Å². The number of rotatable bonds is 7. The van der Waals surface area contributed by atoms with E-state index in [-0.39, 0.29) is 23.6 Å². The van der Waals surface area contributed by atoms with Gasteiger partial charge in [-0.05, 0) is 66.4 Å². The zero-order valence-corrected chi connectivity index (χ0v) is 19.6. The van der Waals surface area contributed by atoms with E-state index in [2.05, 4.69) is 54.7 Å². The lowest BCUT2D eigenvalue weighted by Crippen LogP contribution is -2.31. The molecule has 1 heterocycles. The highest BCUT2D eigenvalue weighted by atomic mass is 19.1. The SMILES string of the molecule is CC(NCC[C@H]1C[C@@H](c2ccc(F)c(C(=O)O)c2)c2ccccc2O1)c1cccc2ccccc12. The molecule has 1 unspecified atom stereocenters. The molecule has 1 aliphatic rings. The third kappa shape index (κ3) is 4.77. The molecule has 1 aliphatic heterocycles. The molecule has 0 radical (unpaired) electrons. The zero-order chi connectivity index (χ0) is 24.4. The summed E-state index contributed by atoms with van der Waals surface area (Å²) in [6.07, 6.45) is 1.46. The van der Waals surface area contributed by atoms with Gasteiger partial charge in [0.05, 0.1) is 5.56 Å². The number of carboxylic acids is 1. The standard InChI is InChI=1S/C30H28FNO3/c1-19(23-11-6-8-20-7-2-3-9-24(20)23)32-16-15-22-18-26(25-10-4-5-12-29(25)35-22)21-13-14-28(31)27(17-21)30(33)34/h2-14,17,19,22,26,32H,15-16,18H2,1H3,(H,33,34)/t19?,22-,26-/m0/s1. The van der Waals surface area contributed by atoms with Crippen molar-refractivity contribution in [3.05, 3.63) is 113 Å². The number of ether oxygens (including phenoxy) is 1. The van der Waals surface area contributed by atoms with Gasteiger partial charge in [-0.3, -0.25) is 0 Å². The van der Waals surface area contributed by atoms with E-state index in [1.54, 1.807) is 6.07 Å². The molecule has 2 N–H and O–H groups in total. The summed E-state index contributed by atoms with van der Waals surface area (Å²) in [6, 6.07) is 27.2. The molecule has 0 aromatic heterocycles.